The summed E-state index contributed by atoms with van der Waals surface area (Å²) in [6, 6.07) is 1.13. The first-order chi connectivity index (χ1) is 10.0. The van der Waals surface area contributed by atoms with E-state index in [1.54, 1.807) is 0 Å². The second kappa shape index (κ2) is 10.9. The number of unbranched alkanes of at least 4 members (excludes halogenated alkanes) is 1. The molecular weight excluding hydrogens is 377 g/mol. The van der Waals surface area contributed by atoms with Crippen LogP contribution in [0.3, 0.4) is 0 Å². The first-order valence-corrected chi connectivity index (χ1v) is 19.8. The molecule has 0 saturated carbocycles. The van der Waals surface area contributed by atoms with Gasteiger partial charge in [0.25, 0.3) is 0 Å². The van der Waals surface area contributed by atoms with Crippen molar-refractivity contribution >= 4 is 55.0 Å². The Morgan fingerprint density at radius 2 is 1.32 bits per heavy atom. The van der Waals surface area contributed by atoms with E-state index in [-0.39, 0.29) is 0 Å². The molecular formula is C12H31O4Si6. The van der Waals surface area contributed by atoms with Gasteiger partial charge in [-0.2, -0.15) is 0 Å². The highest BCUT2D eigenvalue weighted by Gasteiger charge is 2.28. The van der Waals surface area contributed by atoms with Crippen molar-refractivity contribution in [2.24, 2.45) is 0 Å². The summed E-state index contributed by atoms with van der Waals surface area (Å²) in [5.41, 5.74) is 2.12. The molecule has 0 bridgehead atoms. The Kier molecular flexibility index (Phi) is 11.5. The van der Waals surface area contributed by atoms with Crippen LogP contribution in [0.25, 0.3) is 0 Å². The van der Waals surface area contributed by atoms with E-state index in [2.05, 4.69) is 49.8 Å². The molecule has 0 heterocycles. The lowest BCUT2D eigenvalue weighted by Crippen LogP contribution is -2.40. The van der Waals surface area contributed by atoms with Gasteiger partial charge in [0.05, 0.1) is 0 Å². The van der Waals surface area contributed by atoms with E-state index in [1.165, 1.54) is 0 Å². The Labute approximate surface area is 148 Å². The SMILES string of the molecule is C[Si](C)(C[Si]O[Si](C)(C)C[Si]O[Si](C)(C)CCCCO)O[Si]. The Hall–Kier alpha value is 1.14. The summed E-state index contributed by atoms with van der Waals surface area (Å²) in [6.45, 7) is 13.8. The van der Waals surface area contributed by atoms with Crippen LogP contribution in [0.4, 0.5) is 0 Å². The Bertz CT molecular complexity index is 301. The lowest BCUT2D eigenvalue weighted by molar-refractivity contribution is 0.286. The topological polar surface area (TPSA) is 47.9 Å². The minimum atomic E-state index is -1.62. The van der Waals surface area contributed by atoms with Gasteiger partial charge in [-0.15, -0.1) is 0 Å². The molecule has 0 aliphatic heterocycles. The minimum absolute atomic E-state index is 0.291. The summed E-state index contributed by atoms with van der Waals surface area (Å²) >= 11 is 0. The van der Waals surface area contributed by atoms with Crippen LogP contribution in [0.1, 0.15) is 12.8 Å². The molecule has 22 heavy (non-hydrogen) atoms. The van der Waals surface area contributed by atoms with E-state index in [0.717, 1.165) is 30.2 Å². The van der Waals surface area contributed by atoms with Gasteiger partial charge in [0.15, 0.2) is 25.0 Å². The van der Waals surface area contributed by atoms with Crippen LogP contribution in [0.2, 0.25) is 56.7 Å². The predicted octanol–water partition coefficient (Wildman–Crippen LogP) is 2.66. The standard InChI is InChI=1S/C12H31O4Si6/c1-20(2,10-8-7-9-13)15-19-12-22(5,6)16-18-11-21(3,4)14-17/h13H,7-12H2,1-6H3. The molecule has 0 atom stereocenters. The molecule has 0 spiro atoms. The Morgan fingerprint density at radius 1 is 0.818 bits per heavy atom. The van der Waals surface area contributed by atoms with Crippen molar-refractivity contribution in [3.05, 3.63) is 0 Å². The monoisotopic (exact) mass is 407 g/mol. The largest absolute Gasteiger partial charge is 0.457 e. The maximum absolute atomic E-state index is 8.86. The van der Waals surface area contributed by atoms with E-state index < -0.39 is 25.0 Å². The summed E-state index contributed by atoms with van der Waals surface area (Å²) in [5.74, 6) is 0. The molecule has 0 rings (SSSR count). The van der Waals surface area contributed by atoms with Crippen molar-refractivity contribution in [3.8, 4) is 0 Å². The first kappa shape index (κ1) is 23.1. The van der Waals surface area contributed by atoms with Gasteiger partial charge in [0.1, 0.15) is 0 Å². The Balaban J connectivity index is 3.96. The highest BCUT2D eigenvalue weighted by atomic mass is 28.4. The lowest BCUT2D eigenvalue weighted by Gasteiger charge is -2.28. The van der Waals surface area contributed by atoms with Gasteiger partial charge in [-0.1, -0.05) is 6.42 Å². The number of rotatable bonds is 13. The van der Waals surface area contributed by atoms with Gasteiger partial charge < -0.3 is 17.5 Å². The van der Waals surface area contributed by atoms with E-state index in [4.69, 9.17) is 17.5 Å². The maximum Gasteiger partial charge on any atom is 0.230 e. The van der Waals surface area contributed by atoms with Gasteiger partial charge in [-0.3, -0.25) is 0 Å². The van der Waals surface area contributed by atoms with E-state index in [0.29, 0.717) is 26.1 Å². The van der Waals surface area contributed by atoms with Gasteiger partial charge in [-0.05, 0) is 63.1 Å². The lowest BCUT2D eigenvalue weighted by atomic mass is 10.4. The van der Waals surface area contributed by atoms with E-state index in [9.17, 15) is 0 Å². The number of aliphatic hydroxyl groups excluding tert-OH is 1. The molecule has 0 aliphatic carbocycles. The number of hydrogen-bond donors (Lipinski definition) is 1. The van der Waals surface area contributed by atoms with Crippen LogP contribution in [-0.2, 0) is 12.3 Å². The molecule has 0 fully saturated rings. The van der Waals surface area contributed by atoms with Crippen molar-refractivity contribution in [2.45, 2.75) is 69.5 Å². The molecule has 7 radical (unpaired) electrons. The van der Waals surface area contributed by atoms with Gasteiger partial charge in [0.2, 0.25) is 30.0 Å². The molecule has 0 amide bonds. The predicted molar refractivity (Wildman–Crippen MR) is 104 cm³/mol. The fourth-order valence-electron chi connectivity index (χ4n) is 1.60. The quantitative estimate of drug-likeness (QED) is 0.376. The average Bonchev–Trinajstić information content (AvgIpc) is 2.37. The number of aliphatic hydroxyl groups is 1. The van der Waals surface area contributed by atoms with Crippen LogP contribution >= 0.6 is 0 Å². The molecule has 1 N–H and O–H groups in total. The van der Waals surface area contributed by atoms with Gasteiger partial charge >= 0.3 is 0 Å². The molecule has 0 saturated heterocycles. The molecule has 0 aromatic carbocycles. The molecule has 0 unspecified atom stereocenters. The third-order valence-corrected chi connectivity index (χ3v) is 20.5. The molecule has 0 aromatic heterocycles. The second-order valence-electron chi connectivity index (χ2n) is 7.41. The zero-order valence-electron chi connectivity index (χ0n) is 14.9. The minimum Gasteiger partial charge on any atom is -0.457 e. The summed E-state index contributed by atoms with van der Waals surface area (Å²) in [5, 5.41) is 8.86. The first-order valence-electron chi connectivity index (χ1n) is 7.81. The summed E-state index contributed by atoms with van der Waals surface area (Å²) < 4.78 is 17.8. The van der Waals surface area contributed by atoms with Gasteiger partial charge in [-0.25, -0.2) is 0 Å². The maximum atomic E-state index is 8.86. The summed E-state index contributed by atoms with van der Waals surface area (Å²) in [6.07, 6.45) is 1.97. The van der Waals surface area contributed by atoms with Crippen LogP contribution in [-0.4, -0.2) is 66.7 Å². The second-order valence-corrected chi connectivity index (χ2v) is 24.3. The molecule has 0 aromatic rings. The molecule has 10 heteroatoms. The van der Waals surface area contributed by atoms with Crippen molar-refractivity contribution in [1.29, 1.82) is 0 Å². The number of hydrogen-bond acceptors (Lipinski definition) is 4. The molecule has 0 aliphatic rings. The molecule has 4 nitrogen and oxygen atoms in total. The zero-order chi connectivity index (χ0) is 17.3. The Morgan fingerprint density at radius 3 is 1.82 bits per heavy atom. The summed E-state index contributed by atoms with van der Waals surface area (Å²) in [7, 11) is -0.476. The van der Waals surface area contributed by atoms with Crippen molar-refractivity contribution in [1.82, 2.24) is 0 Å². The smallest absolute Gasteiger partial charge is 0.230 e. The molecule has 127 valence electrons. The highest BCUT2D eigenvalue weighted by molar-refractivity contribution is 6.86. The normalized spacial score (nSPS) is 13.6. The van der Waals surface area contributed by atoms with Crippen LogP contribution < -0.4 is 0 Å². The zero-order valence-corrected chi connectivity index (χ0v) is 20.9. The van der Waals surface area contributed by atoms with Crippen LogP contribution in [0, 0.1) is 0 Å². The summed E-state index contributed by atoms with van der Waals surface area (Å²) in [4.78, 5) is 0. The van der Waals surface area contributed by atoms with Crippen molar-refractivity contribution < 1.29 is 17.5 Å². The third-order valence-electron chi connectivity index (χ3n) is 3.16. The fourth-order valence-corrected chi connectivity index (χ4v) is 12.8. The van der Waals surface area contributed by atoms with E-state index >= 15 is 0 Å². The van der Waals surface area contributed by atoms with Crippen molar-refractivity contribution in [3.63, 3.8) is 0 Å². The van der Waals surface area contributed by atoms with Gasteiger partial charge in [0, 0.05) is 6.61 Å². The average molecular weight is 408 g/mol. The van der Waals surface area contributed by atoms with Crippen LogP contribution in [0.5, 0.6) is 0 Å². The van der Waals surface area contributed by atoms with Crippen LogP contribution in [0.15, 0.2) is 0 Å². The van der Waals surface area contributed by atoms with Crippen molar-refractivity contribution in [2.75, 3.05) is 6.61 Å². The fraction of sp³-hybridized carbons (Fsp3) is 1.00. The van der Waals surface area contributed by atoms with E-state index in [1.807, 2.05) is 0 Å². The third kappa shape index (κ3) is 12.6. The highest BCUT2D eigenvalue weighted by Crippen LogP contribution is 2.18.